The third-order valence-corrected chi connectivity index (χ3v) is 3.58. The summed E-state index contributed by atoms with van der Waals surface area (Å²) in [6, 6.07) is 16.2. The SMILES string of the molecule is COc1ccc(-c2cc(C(=O)Nc3cccc(CO)c3)[nH]n2)cc1. The van der Waals surface area contributed by atoms with E-state index in [2.05, 4.69) is 15.5 Å². The fraction of sp³-hybridized carbons (Fsp3) is 0.111. The number of amides is 1. The summed E-state index contributed by atoms with van der Waals surface area (Å²) < 4.78 is 5.12. The van der Waals surface area contributed by atoms with Crippen LogP contribution in [-0.2, 0) is 6.61 Å². The third-order valence-electron chi connectivity index (χ3n) is 3.58. The van der Waals surface area contributed by atoms with Crippen molar-refractivity contribution in [3.63, 3.8) is 0 Å². The average Bonchev–Trinajstić information content (AvgIpc) is 3.12. The molecule has 3 N–H and O–H groups in total. The number of anilines is 1. The number of hydrogen-bond donors (Lipinski definition) is 3. The van der Waals surface area contributed by atoms with Crippen LogP contribution in [0, 0.1) is 0 Å². The molecule has 122 valence electrons. The Morgan fingerprint density at radius 3 is 2.71 bits per heavy atom. The molecule has 6 heteroatoms. The Kier molecular flexibility index (Phi) is 4.58. The van der Waals surface area contributed by atoms with E-state index < -0.39 is 0 Å². The van der Waals surface area contributed by atoms with Gasteiger partial charge in [0, 0.05) is 11.3 Å². The van der Waals surface area contributed by atoms with E-state index in [1.165, 1.54) is 0 Å². The van der Waals surface area contributed by atoms with Crippen LogP contribution in [0.1, 0.15) is 16.1 Å². The predicted molar refractivity (Wildman–Crippen MR) is 90.9 cm³/mol. The summed E-state index contributed by atoms with van der Waals surface area (Å²) in [6.07, 6.45) is 0. The van der Waals surface area contributed by atoms with Crippen molar-refractivity contribution in [2.75, 3.05) is 12.4 Å². The highest BCUT2D eigenvalue weighted by Crippen LogP contribution is 2.21. The van der Waals surface area contributed by atoms with Crippen molar-refractivity contribution in [2.24, 2.45) is 0 Å². The van der Waals surface area contributed by atoms with Crippen LogP contribution >= 0.6 is 0 Å². The largest absolute Gasteiger partial charge is 0.497 e. The summed E-state index contributed by atoms with van der Waals surface area (Å²) in [5, 5.41) is 18.8. The first-order valence-electron chi connectivity index (χ1n) is 7.40. The molecular formula is C18H17N3O3. The molecule has 0 saturated heterocycles. The lowest BCUT2D eigenvalue weighted by Crippen LogP contribution is -2.12. The molecule has 0 saturated carbocycles. The fourth-order valence-electron chi connectivity index (χ4n) is 2.29. The van der Waals surface area contributed by atoms with E-state index in [0.29, 0.717) is 17.1 Å². The lowest BCUT2D eigenvalue weighted by molar-refractivity contribution is 0.102. The van der Waals surface area contributed by atoms with Crippen LogP contribution in [0.2, 0.25) is 0 Å². The molecule has 3 aromatic rings. The Morgan fingerprint density at radius 2 is 2.00 bits per heavy atom. The maximum Gasteiger partial charge on any atom is 0.273 e. The van der Waals surface area contributed by atoms with Crippen LogP contribution in [0.4, 0.5) is 5.69 Å². The molecule has 0 fully saturated rings. The molecule has 6 nitrogen and oxygen atoms in total. The maximum atomic E-state index is 12.3. The van der Waals surface area contributed by atoms with Gasteiger partial charge < -0.3 is 15.2 Å². The number of benzene rings is 2. The molecule has 0 spiro atoms. The number of rotatable bonds is 5. The van der Waals surface area contributed by atoms with Gasteiger partial charge in [-0.3, -0.25) is 9.89 Å². The van der Waals surface area contributed by atoms with Crippen molar-refractivity contribution in [3.8, 4) is 17.0 Å². The van der Waals surface area contributed by atoms with Gasteiger partial charge >= 0.3 is 0 Å². The Bertz CT molecular complexity index is 841. The summed E-state index contributed by atoms with van der Waals surface area (Å²) in [5.41, 5.74) is 3.26. The molecule has 0 bridgehead atoms. The van der Waals surface area contributed by atoms with Gasteiger partial charge in [-0.1, -0.05) is 12.1 Å². The Hall–Kier alpha value is -3.12. The third kappa shape index (κ3) is 3.44. The van der Waals surface area contributed by atoms with Gasteiger partial charge in [-0.2, -0.15) is 5.10 Å². The zero-order valence-corrected chi connectivity index (χ0v) is 13.1. The number of nitrogens with zero attached hydrogens (tertiary/aromatic N) is 1. The zero-order valence-electron chi connectivity index (χ0n) is 13.1. The van der Waals surface area contributed by atoms with E-state index in [-0.39, 0.29) is 12.5 Å². The molecule has 3 rings (SSSR count). The second-order valence-electron chi connectivity index (χ2n) is 5.21. The van der Waals surface area contributed by atoms with E-state index in [4.69, 9.17) is 9.84 Å². The number of ether oxygens (including phenoxy) is 1. The summed E-state index contributed by atoms with van der Waals surface area (Å²) in [4.78, 5) is 12.3. The Balaban J connectivity index is 1.75. The normalized spacial score (nSPS) is 10.4. The number of aliphatic hydroxyl groups excluding tert-OH is 1. The van der Waals surface area contributed by atoms with Crippen molar-refractivity contribution in [1.82, 2.24) is 10.2 Å². The molecule has 2 aromatic carbocycles. The lowest BCUT2D eigenvalue weighted by atomic mass is 10.1. The van der Waals surface area contributed by atoms with Gasteiger partial charge in [-0.05, 0) is 48.0 Å². The molecule has 0 aliphatic rings. The first kappa shape index (κ1) is 15.8. The molecule has 0 unspecified atom stereocenters. The molecule has 0 radical (unpaired) electrons. The van der Waals surface area contributed by atoms with Crippen molar-refractivity contribution in [2.45, 2.75) is 6.61 Å². The van der Waals surface area contributed by atoms with Crippen LogP contribution in [-0.4, -0.2) is 28.3 Å². The molecular weight excluding hydrogens is 306 g/mol. The van der Waals surface area contributed by atoms with Crippen LogP contribution in [0.25, 0.3) is 11.3 Å². The van der Waals surface area contributed by atoms with Gasteiger partial charge in [0.1, 0.15) is 11.4 Å². The van der Waals surface area contributed by atoms with E-state index in [1.807, 2.05) is 24.3 Å². The number of hydrogen-bond acceptors (Lipinski definition) is 4. The number of aromatic amines is 1. The van der Waals surface area contributed by atoms with Crippen LogP contribution in [0.3, 0.4) is 0 Å². The smallest absolute Gasteiger partial charge is 0.273 e. The molecule has 1 heterocycles. The number of carbonyl (C=O) groups is 1. The van der Waals surface area contributed by atoms with Gasteiger partial charge in [0.15, 0.2) is 0 Å². The first-order valence-corrected chi connectivity index (χ1v) is 7.40. The maximum absolute atomic E-state index is 12.3. The van der Waals surface area contributed by atoms with E-state index in [1.54, 1.807) is 37.4 Å². The number of nitrogens with one attached hydrogen (secondary N) is 2. The van der Waals surface area contributed by atoms with Crippen molar-refractivity contribution in [1.29, 1.82) is 0 Å². The minimum Gasteiger partial charge on any atom is -0.497 e. The number of aromatic nitrogens is 2. The van der Waals surface area contributed by atoms with E-state index in [9.17, 15) is 4.79 Å². The number of methoxy groups -OCH3 is 1. The quantitative estimate of drug-likeness (QED) is 0.674. The fourth-order valence-corrected chi connectivity index (χ4v) is 2.29. The van der Waals surface area contributed by atoms with Crippen molar-refractivity contribution in [3.05, 3.63) is 65.9 Å². The first-order chi connectivity index (χ1) is 11.7. The molecule has 1 amide bonds. The van der Waals surface area contributed by atoms with Gasteiger partial charge in [0.05, 0.1) is 19.4 Å². The molecule has 0 atom stereocenters. The van der Waals surface area contributed by atoms with Gasteiger partial charge in [-0.15, -0.1) is 0 Å². The average molecular weight is 323 g/mol. The van der Waals surface area contributed by atoms with Crippen LogP contribution in [0.15, 0.2) is 54.6 Å². The van der Waals surface area contributed by atoms with Gasteiger partial charge in [0.25, 0.3) is 5.91 Å². The van der Waals surface area contributed by atoms with Gasteiger partial charge in [-0.25, -0.2) is 0 Å². The highest BCUT2D eigenvalue weighted by atomic mass is 16.5. The molecule has 0 aliphatic carbocycles. The standard InChI is InChI=1S/C18H17N3O3/c1-24-15-7-5-13(6-8-15)16-10-17(21-20-16)18(23)19-14-4-2-3-12(9-14)11-22/h2-10,22H,11H2,1H3,(H,19,23)(H,20,21). The Labute approximate surface area is 139 Å². The summed E-state index contributed by atoms with van der Waals surface area (Å²) >= 11 is 0. The summed E-state index contributed by atoms with van der Waals surface area (Å²) in [6.45, 7) is -0.0740. The second-order valence-corrected chi connectivity index (χ2v) is 5.21. The minimum absolute atomic E-state index is 0.0740. The van der Waals surface area contributed by atoms with Crippen LogP contribution in [0.5, 0.6) is 5.75 Å². The lowest BCUT2D eigenvalue weighted by Gasteiger charge is -2.04. The summed E-state index contributed by atoms with van der Waals surface area (Å²) in [5.74, 6) is 0.466. The number of aliphatic hydroxyl groups is 1. The number of H-pyrrole nitrogens is 1. The van der Waals surface area contributed by atoms with Crippen molar-refractivity contribution < 1.29 is 14.6 Å². The van der Waals surface area contributed by atoms with E-state index >= 15 is 0 Å². The zero-order chi connectivity index (χ0) is 16.9. The van der Waals surface area contributed by atoms with Crippen molar-refractivity contribution >= 4 is 11.6 Å². The van der Waals surface area contributed by atoms with Crippen LogP contribution < -0.4 is 10.1 Å². The van der Waals surface area contributed by atoms with E-state index in [0.717, 1.165) is 16.9 Å². The Morgan fingerprint density at radius 1 is 1.21 bits per heavy atom. The molecule has 1 aromatic heterocycles. The van der Waals surface area contributed by atoms with Gasteiger partial charge in [0.2, 0.25) is 0 Å². The predicted octanol–water partition coefficient (Wildman–Crippen LogP) is 2.83. The molecule has 0 aliphatic heterocycles. The second kappa shape index (κ2) is 6.97. The summed E-state index contributed by atoms with van der Waals surface area (Å²) in [7, 11) is 1.61. The topological polar surface area (TPSA) is 87.2 Å². The minimum atomic E-state index is -0.294. The monoisotopic (exact) mass is 323 g/mol. The highest BCUT2D eigenvalue weighted by molar-refractivity contribution is 6.03. The number of carbonyl (C=O) groups excluding carboxylic acids is 1. The highest BCUT2D eigenvalue weighted by Gasteiger charge is 2.11. The molecule has 24 heavy (non-hydrogen) atoms.